The second-order valence-electron chi connectivity index (χ2n) is 2.87. The van der Waals surface area contributed by atoms with Crippen molar-refractivity contribution in [2.24, 2.45) is 5.73 Å². The molecule has 0 spiro atoms. The average molecular weight is 227 g/mol. The van der Waals surface area contributed by atoms with Crippen molar-refractivity contribution in [3.05, 3.63) is 22.4 Å². The number of hydrogen-bond acceptors (Lipinski definition) is 5. The zero-order valence-electron chi connectivity index (χ0n) is 8.12. The molecule has 0 aromatic carbocycles. The molecule has 0 atom stereocenters. The van der Waals surface area contributed by atoms with Crippen LogP contribution >= 0.6 is 0 Å². The van der Waals surface area contributed by atoms with Crippen LogP contribution in [0.15, 0.2) is 12.3 Å². The normalized spacial score (nSPS) is 9.75. The van der Waals surface area contributed by atoms with Crippen molar-refractivity contribution in [3.8, 4) is 0 Å². The van der Waals surface area contributed by atoms with E-state index in [1.807, 2.05) is 0 Å². The minimum atomic E-state index is -0.669. The molecule has 0 bridgehead atoms. The number of nitrogens with one attached hydrogen (secondary N) is 1. The molecule has 0 fully saturated rings. The van der Waals surface area contributed by atoms with Crippen LogP contribution in [0.25, 0.3) is 0 Å². The van der Waals surface area contributed by atoms with Crippen molar-refractivity contribution in [1.29, 1.82) is 0 Å². The third-order valence-electron chi connectivity index (χ3n) is 1.58. The molecule has 2 amide bonds. The van der Waals surface area contributed by atoms with E-state index in [0.717, 1.165) is 4.68 Å². The number of nitrogens with two attached hydrogens (primary N) is 1. The molecule has 1 aromatic heterocycles. The Morgan fingerprint density at radius 3 is 2.81 bits per heavy atom. The summed E-state index contributed by atoms with van der Waals surface area (Å²) in [7, 11) is 0. The fraction of sp³-hybridized carbons (Fsp3) is 0.286. The van der Waals surface area contributed by atoms with Crippen molar-refractivity contribution in [2.75, 3.05) is 6.54 Å². The van der Waals surface area contributed by atoms with Crippen LogP contribution in [-0.4, -0.2) is 33.1 Å². The van der Waals surface area contributed by atoms with Crippen molar-refractivity contribution in [3.63, 3.8) is 0 Å². The van der Waals surface area contributed by atoms with E-state index in [-0.39, 0.29) is 18.9 Å². The highest BCUT2D eigenvalue weighted by atomic mass is 16.6. The Hall–Kier alpha value is -2.45. The van der Waals surface area contributed by atoms with E-state index in [1.54, 1.807) is 0 Å². The molecule has 16 heavy (non-hydrogen) atoms. The SMILES string of the molecule is NC(=O)CNC(=O)Cn1ccc([N+](=O)[O-])n1. The van der Waals surface area contributed by atoms with Crippen molar-refractivity contribution < 1.29 is 14.5 Å². The van der Waals surface area contributed by atoms with Gasteiger partial charge in [0.2, 0.25) is 11.8 Å². The number of nitrogens with zero attached hydrogens (tertiary/aromatic N) is 3. The summed E-state index contributed by atoms with van der Waals surface area (Å²) in [5, 5.41) is 16.0. The first-order chi connectivity index (χ1) is 7.49. The van der Waals surface area contributed by atoms with Crippen LogP contribution in [0.5, 0.6) is 0 Å². The molecule has 0 saturated carbocycles. The largest absolute Gasteiger partial charge is 0.389 e. The van der Waals surface area contributed by atoms with Crippen molar-refractivity contribution >= 4 is 17.6 Å². The lowest BCUT2D eigenvalue weighted by atomic mass is 10.5. The van der Waals surface area contributed by atoms with Crippen LogP contribution < -0.4 is 11.1 Å². The summed E-state index contributed by atoms with van der Waals surface area (Å²) in [6, 6.07) is 1.17. The van der Waals surface area contributed by atoms with E-state index in [9.17, 15) is 19.7 Å². The third kappa shape index (κ3) is 3.36. The van der Waals surface area contributed by atoms with Gasteiger partial charge >= 0.3 is 5.82 Å². The second-order valence-corrected chi connectivity index (χ2v) is 2.87. The van der Waals surface area contributed by atoms with Gasteiger partial charge in [-0.15, -0.1) is 0 Å². The van der Waals surface area contributed by atoms with Crippen LogP contribution in [-0.2, 0) is 16.1 Å². The Kier molecular flexibility index (Phi) is 3.53. The molecule has 0 saturated heterocycles. The smallest absolute Gasteiger partial charge is 0.368 e. The Bertz CT molecular complexity index is 426. The van der Waals surface area contributed by atoms with Gasteiger partial charge in [-0.05, 0) is 4.92 Å². The predicted octanol–water partition coefficient (Wildman–Crippen LogP) is -1.61. The van der Waals surface area contributed by atoms with Gasteiger partial charge in [0, 0.05) is 0 Å². The molecular weight excluding hydrogens is 218 g/mol. The van der Waals surface area contributed by atoms with Gasteiger partial charge in [-0.1, -0.05) is 0 Å². The van der Waals surface area contributed by atoms with Crippen molar-refractivity contribution in [2.45, 2.75) is 6.54 Å². The minimum absolute atomic E-state index is 0.207. The van der Waals surface area contributed by atoms with E-state index in [1.165, 1.54) is 12.3 Å². The van der Waals surface area contributed by atoms with Gasteiger partial charge < -0.3 is 21.2 Å². The number of hydrogen-bond donors (Lipinski definition) is 2. The molecule has 1 aromatic rings. The summed E-state index contributed by atoms with van der Waals surface area (Å²) in [5.74, 6) is -1.51. The maximum Gasteiger partial charge on any atom is 0.389 e. The lowest BCUT2D eigenvalue weighted by Crippen LogP contribution is -2.35. The van der Waals surface area contributed by atoms with Gasteiger partial charge in [0.05, 0.1) is 23.9 Å². The number of primary amides is 1. The molecule has 86 valence electrons. The maximum atomic E-state index is 11.1. The Balaban J connectivity index is 2.49. The predicted molar refractivity (Wildman–Crippen MR) is 51.1 cm³/mol. The first kappa shape index (κ1) is 11.6. The molecule has 0 aliphatic rings. The third-order valence-corrected chi connectivity index (χ3v) is 1.58. The van der Waals surface area contributed by atoms with Crippen LogP contribution in [0.3, 0.4) is 0 Å². The quantitative estimate of drug-likeness (QED) is 0.461. The standard InChI is InChI=1S/C7H9N5O4/c8-5(13)3-9-7(14)4-11-2-1-6(10-11)12(15)16/h1-2H,3-4H2,(H2,8,13)(H,9,14). The molecule has 9 heteroatoms. The highest BCUT2D eigenvalue weighted by molar-refractivity contribution is 5.83. The second kappa shape index (κ2) is 4.87. The van der Waals surface area contributed by atoms with E-state index >= 15 is 0 Å². The lowest BCUT2D eigenvalue weighted by molar-refractivity contribution is -0.389. The fourth-order valence-corrected chi connectivity index (χ4v) is 0.925. The first-order valence-corrected chi connectivity index (χ1v) is 4.22. The van der Waals surface area contributed by atoms with Gasteiger partial charge in [-0.2, -0.15) is 4.68 Å². The molecule has 0 aliphatic carbocycles. The zero-order chi connectivity index (χ0) is 12.1. The van der Waals surface area contributed by atoms with Gasteiger partial charge in [-0.25, -0.2) is 0 Å². The van der Waals surface area contributed by atoms with Crippen molar-refractivity contribution in [1.82, 2.24) is 15.1 Å². The summed E-state index contributed by atoms with van der Waals surface area (Å²) in [6.07, 6.45) is 1.29. The van der Waals surface area contributed by atoms with Gasteiger partial charge in [-0.3, -0.25) is 9.59 Å². The first-order valence-electron chi connectivity index (χ1n) is 4.22. The van der Waals surface area contributed by atoms with E-state index in [0.29, 0.717) is 0 Å². The Morgan fingerprint density at radius 1 is 1.62 bits per heavy atom. The zero-order valence-corrected chi connectivity index (χ0v) is 8.12. The minimum Gasteiger partial charge on any atom is -0.368 e. The summed E-state index contributed by atoms with van der Waals surface area (Å²) >= 11 is 0. The molecule has 1 heterocycles. The number of carbonyl (C=O) groups excluding carboxylic acids is 2. The molecular formula is C7H9N5O4. The van der Waals surface area contributed by atoms with Gasteiger partial charge in [0.15, 0.2) is 0 Å². The summed E-state index contributed by atoms with van der Waals surface area (Å²) in [4.78, 5) is 31.1. The number of carbonyl (C=O) groups is 2. The Morgan fingerprint density at radius 2 is 2.31 bits per heavy atom. The highest BCUT2D eigenvalue weighted by Crippen LogP contribution is 2.04. The topological polar surface area (TPSA) is 133 Å². The van der Waals surface area contributed by atoms with E-state index in [4.69, 9.17) is 5.73 Å². The summed E-state index contributed by atoms with van der Waals surface area (Å²) < 4.78 is 1.09. The fourth-order valence-electron chi connectivity index (χ4n) is 0.925. The Labute approximate surface area is 89.4 Å². The maximum absolute atomic E-state index is 11.1. The number of amides is 2. The van der Waals surface area contributed by atoms with Crippen LogP contribution in [0.1, 0.15) is 0 Å². The molecule has 0 unspecified atom stereocenters. The molecule has 1 rings (SSSR count). The molecule has 0 radical (unpaired) electrons. The van der Waals surface area contributed by atoms with Gasteiger partial charge in [0.25, 0.3) is 0 Å². The number of rotatable bonds is 5. The molecule has 9 nitrogen and oxygen atoms in total. The number of nitro groups is 1. The van der Waals surface area contributed by atoms with Crippen LogP contribution in [0, 0.1) is 10.1 Å². The summed E-state index contributed by atoms with van der Waals surface area (Å²) in [6.45, 7) is -0.483. The lowest BCUT2D eigenvalue weighted by Gasteiger charge is -1.99. The summed E-state index contributed by atoms with van der Waals surface area (Å²) in [5.41, 5.74) is 4.81. The monoisotopic (exact) mass is 227 g/mol. The van der Waals surface area contributed by atoms with E-state index in [2.05, 4.69) is 10.4 Å². The van der Waals surface area contributed by atoms with Gasteiger partial charge in [0.1, 0.15) is 6.54 Å². The average Bonchev–Trinajstić information content (AvgIpc) is 2.63. The highest BCUT2D eigenvalue weighted by Gasteiger charge is 2.13. The van der Waals surface area contributed by atoms with Crippen LogP contribution in [0.4, 0.5) is 5.82 Å². The van der Waals surface area contributed by atoms with Crippen LogP contribution in [0.2, 0.25) is 0 Å². The molecule has 0 aliphatic heterocycles. The molecule has 3 N–H and O–H groups in total. The van der Waals surface area contributed by atoms with E-state index < -0.39 is 16.7 Å². The number of aromatic nitrogens is 2.